The quantitative estimate of drug-likeness (QED) is 0.559. The molecule has 6 nitrogen and oxygen atoms in total. The zero-order chi connectivity index (χ0) is 15.9. The van der Waals surface area contributed by atoms with Crippen molar-refractivity contribution in [2.45, 2.75) is 32.0 Å². The van der Waals surface area contributed by atoms with Crippen LogP contribution in [-0.4, -0.2) is 49.1 Å². The lowest BCUT2D eigenvalue weighted by Gasteiger charge is -2.44. The van der Waals surface area contributed by atoms with Crippen molar-refractivity contribution in [3.63, 3.8) is 0 Å². The van der Waals surface area contributed by atoms with Gasteiger partial charge in [0.1, 0.15) is 0 Å². The minimum absolute atomic E-state index is 0.143. The Morgan fingerprint density at radius 1 is 1.45 bits per heavy atom. The van der Waals surface area contributed by atoms with Crippen molar-refractivity contribution in [3.05, 3.63) is 11.6 Å². The first kappa shape index (κ1) is 14.2. The van der Waals surface area contributed by atoms with Gasteiger partial charge < -0.3 is 19.3 Å². The molecule has 0 aromatic heterocycles. The molecule has 3 fully saturated rings. The van der Waals surface area contributed by atoms with Crippen LogP contribution in [0.25, 0.3) is 0 Å². The number of esters is 2. The van der Waals surface area contributed by atoms with Crippen LogP contribution in [0.5, 0.6) is 0 Å². The summed E-state index contributed by atoms with van der Waals surface area (Å²) in [6.45, 7) is 4.42. The van der Waals surface area contributed by atoms with Gasteiger partial charge in [0.05, 0.1) is 26.4 Å². The molecule has 2 spiro atoms. The van der Waals surface area contributed by atoms with Crippen molar-refractivity contribution in [1.29, 1.82) is 0 Å². The lowest BCUT2D eigenvalue weighted by Crippen LogP contribution is -2.57. The van der Waals surface area contributed by atoms with E-state index in [1.54, 1.807) is 6.08 Å². The predicted octanol–water partition coefficient (Wildman–Crippen LogP) is 0.435. The molecule has 0 aromatic rings. The maximum Gasteiger partial charge on any atom is 0.341 e. The van der Waals surface area contributed by atoms with Crippen molar-refractivity contribution in [2.75, 3.05) is 20.3 Å². The first-order chi connectivity index (χ1) is 10.3. The third-order valence-corrected chi connectivity index (χ3v) is 6.16. The molecule has 2 aliphatic heterocycles. The maximum absolute atomic E-state index is 12.4. The molecule has 5 atom stereocenters. The third kappa shape index (κ3) is 1.34. The molecular weight excluding hydrogens is 288 g/mol. The summed E-state index contributed by atoms with van der Waals surface area (Å²) in [5, 5.41) is 10.8. The van der Waals surface area contributed by atoms with Gasteiger partial charge in [-0.15, -0.1) is 0 Å². The number of hydrogen-bond acceptors (Lipinski definition) is 6. The predicted molar refractivity (Wildman–Crippen MR) is 73.6 cm³/mol. The smallest absolute Gasteiger partial charge is 0.341 e. The van der Waals surface area contributed by atoms with Crippen molar-refractivity contribution < 1.29 is 28.9 Å². The molecule has 0 unspecified atom stereocenters. The summed E-state index contributed by atoms with van der Waals surface area (Å²) in [6.07, 6.45) is 1.77. The first-order valence-electron chi connectivity index (χ1n) is 7.59. The molecule has 2 saturated heterocycles. The summed E-state index contributed by atoms with van der Waals surface area (Å²) in [7, 11) is 1.34. The standard InChI is InChI=1S/C16H20O6/c1-14(2)6-15-9(11(14)17)4-8(12(18)20-3)10(15)5-21-13(19)16(15)7-22-16/h4,9-11,17H,5-7H2,1-3H3/t9-,10+,11+,15-,16-/m1/s1. The van der Waals surface area contributed by atoms with Crippen LogP contribution in [0.2, 0.25) is 0 Å². The average Bonchev–Trinajstić information content (AvgIpc) is 3.17. The van der Waals surface area contributed by atoms with E-state index in [1.807, 2.05) is 13.8 Å². The van der Waals surface area contributed by atoms with Gasteiger partial charge in [-0.2, -0.15) is 0 Å². The highest BCUT2D eigenvalue weighted by atomic mass is 16.6. The molecule has 0 radical (unpaired) electrons. The third-order valence-electron chi connectivity index (χ3n) is 6.16. The summed E-state index contributed by atoms with van der Waals surface area (Å²) in [5.41, 5.74) is -1.46. The molecule has 1 N–H and O–H groups in total. The fourth-order valence-electron chi connectivity index (χ4n) is 5.11. The molecular formula is C16H20O6. The number of epoxide rings is 1. The second-order valence-electron chi connectivity index (χ2n) is 7.56. The Balaban J connectivity index is 1.88. The van der Waals surface area contributed by atoms with Gasteiger partial charge in [0, 0.05) is 22.8 Å². The Morgan fingerprint density at radius 3 is 2.73 bits per heavy atom. The van der Waals surface area contributed by atoms with Crippen LogP contribution in [0.3, 0.4) is 0 Å². The molecule has 0 amide bonds. The number of rotatable bonds is 1. The molecule has 2 heterocycles. The SMILES string of the molecule is COC(=O)C1=C[C@@H]2[C@H](O)C(C)(C)C[C@]23[C@H]1COC(=O)[C@]31CO1. The lowest BCUT2D eigenvalue weighted by atomic mass is 9.61. The van der Waals surface area contributed by atoms with E-state index in [9.17, 15) is 14.7 Å². The minimum Gasteiger partial charge on any atom is -0.466 e. The monoisotopic (exact) mass is 308 g/mol. The maximum atomic E-state index is 12.4. The molecule has 4 aliphatic rings. The van der Waals surface area contributed by atoms with Gasteiger partial charge in [-0.05, 0) is 11.8 Å². The van der Waals surface area contributed by atoms with Gasteiger partial charge in [0.25, 0.3) is 0 Å². The number of hydrogen-bond donors (Lipinski definition) is 1. The second-order valence-corrected chi connectivity index (χ2v) is 7.56. The summed E-state index contributed by atoms with van der Waals surface area (Å²) < 4.78 is 15.8. The van der Waals surface area contributed by atoms with E-state index in [0.29, 0.717) is 18.6 Å². The van der Waals surface area contributed by atoms with Crippen molar-refractivity contribution in [3.8, 4) is 0 Å². The van der Waals surface area contributed by atoms with Crippen LogP contribution >= 0.6 is 0 Å². The van der Waals surface area contributed by atoms with E-state index in [2.05, 4.69) is 0 Å². The number of aliphatic hydroxyl groups is 1. The van der Waals surface area contributed by atoms with Crippen LogP contribution in [0.15, 0.2) is 11.6 Å². The van der Waals surface area contributed by atoms with Crippen LogP contribution in [0.4, 0.5) is 0 Å². The van der Waals surface area contributed by atoms with Crippen LogP contribution in [-0.2, 0) is 23.8 Å². The average molecular weight is 308 g/mol. The Bertz CT molecular complexity index is 602. The number of cyclic esters (lactones) is 1. The highest BCUT2D eigenvalue weighted by Crippen LogP contribution is 2.71. The Labute approximate surface area is 128 Å². The molecule has 6 heteroatoms. The van der Waals surface area contributed by atoms with Crippen LogP contribution < -0.4 is 0 Å². The largest absolute Gasteiger partial charge is 0.466 e. The Kier molecular flexibility index (Phi) is 2.53. The Morgan fingerprint density at radius 2 is 2.14 bits per heavy atom. The number of methoxy groups -OCH3 is 1. The lowest BCUT2D eigenvalue weighted by molar-refractivity contribution is -0.175. The van der Waals surface area contributed by atoms with E-state index < -0.39 is 23.1 Å². The number of carbonyl (C=O) groups is 2. The van der Waals surface area contributed by atoms with Crippen LogP contribution in [0.1, 0.15) is 20.3 Å². The molecule has 0 bridgehead atoms. The molecule has 22 heavy (non-hydrogen) atoms. The van der Waals surface area contributed by atoms with E-state index in [4.69, 9.17) is 14.2 Å². The van der Waals surface area contributed by atoms with E-state index in [0.717, 1.165) is 0 Å². The van der Waals surface area contributed by atoms with E-state index >= 15 is 0 Å². The molecule has 1 saturated carbocycles. The summed E-state index contributed by atoms with van der Waals surface area (Å²) in [6, 6.07) is 0. The van der Waals surface area contributed by atoms with Crippen molar-refractivity contribution >= 4 is 11.9 Å². The molecule has 2 aliphatic carbocycles. The van der Waals surface area contributed by atoms with Gasteiger partial charge in [-0.25, -0.2) is 9.59 Å². The summed E-state index contributed by atoms with van der Waals surface area (Å²) >= 11 is 0. The topological polar surface area (TPSA) is 85.4 Å². The minimum atomic E-state index is -1.01. The molecule has 120 valence electrons. The molecule has 0 aromatic carbocycles. The zero-order valence-corrected chi connectivity index (χ0v) is 12.9. The number of ether oxygens (including phenoxy) is 3. The first-order valence-corrected chi connectivity index (χ1v) is 7.59. The van der Waals surface area contributed by atoms with E-state index in [1.165, 1.54) is 7.11 Å². The zero-order valence-electron chi connectivity index (χ0n) is 12.9. The molecule has 4 rings (SSSR count). The highest BCUT2D eigenvalue weighted by Gasteiger charge is 2.81. The van der Waals surface area contributed by atoms with Crippen molar-refractivity contribution in [2.24, 2.45) is 22.7 Å². The normalized spacial score (nSPS) is 47.5. The second kappa shape index (κ2) is 3.92. The van der Waals surface area contributed by atoms with Gasteiger partial charge in [-0.1, -0.05) is 19.9 Å². The van der Waals surface area contributed by atoms with E-state index in [-0.39, 0.29) is 29.8 Å². The van der Waals surface area contributed by atoms with Crippen LogP contribution in [0, 0.1) is 22.7 Å². The fourth-order valence-corrected chi connectivity index (χ4v) is 5.11. The number of carbonyl (C=O) groups excluding carboxylic acids is 2. The summed E-state index contributed by atoms with van der Waals surface area (Å²) in [4.78, 5) is 24.5. The van der Waals surface area contributed by atoms with Gasteiger partial charge in [0.15, 0.2) is 5.60 Å². The summed E-state index contributed by atoms with van der Waals surface area (Å²) in [5.74, 6) is -1.35. The fraction of sp³-hybridized carbons (Fsp3) is 0.750. The Hall–Kier alpha value is -1.40. The number of aliphatic hydroxyl groups excluding tert-OH is 1. The highest BCUT2D eigenvalue weighted by molar-refractivity contribution is 5.93. The van der Waals surface area contributed by atoms with Gasteiger partial charge in [-0.3, -0.25) is 0 Å². The van der Waals surface area contributed by atoms with Gasteiger partial charge >= 0.3 is 11.9 Å². The van der Waals surface area contributed by atoms with Crippen molar-refractivity contribution in [1.82, 2.24) is 0 Å². The van der Waals surface area contributed by atoms with Gasteiger partial charge in [0.2, 0.25) is 0 Å².